The van der Waals surface area contributed by atoms with Crippen molar-refractivity contribution in [3.63, 3.8) is 0 Å². The zero-order valence-electron chi connectivity index (χ0n) is 20.3. The Morgan fingerprint density at radius 1 is 1.12 bits per heavy atom. The monoisotopic (exact) mass is 492 g/mol. The number of hydrogen-bond acceptors (Lipinski definition) is 5. The van der Waals surface area contributed by atoms with Crippen LogP contribution >= 0.6 is 0 Å². The number of carbonyl (C=O) groups is 2. The highest BCUT2D eigenvalue weighted by Gasteiger charge is 2.33. The van der Waals surface area contributed by atoms with E-state index in [4.69, 9.17) is 4.74 Å². The standard InChI is InChI=1S/C25H33FN2O5S/c1-5-28-18(3)23(17(2)24(28)25(30)33-4)22(29)16-27(15-19-9-7-6-8-10-19)34(31,32)21-13-11-20(26)12-14-21/h11-14,19H,5-10,15-16H2,1-4H3. The van der Waals surface area contributed by atoms with Crippen LogP contribution in [0.5, 0.6) is 0 Å². The second kappa shape index (κ2) is 10.8. The highest BCUT2D eigenvalue weighted by Crippen LogP contribution is 2.29. The van der Waals surface area contributed by atoms with Crippen molar-refractivity contribution in [2.75, 3.05) is 20.2 Å². The molecule has 34 heavy (non-hydrogen) atoms. The Balaban J connectivity index is 1.99. The van der Waals surface area contributed by atoms with Gasteiger partial charge < -0.3 is 9.30 Å². The van der Waals surface area contributed by atoms with Crippen LogP contribution in [-0.2, 0) is 21.3 Å². The van der Waals surface area contributed by atoms with Crippen LogP contribution in [0.2, 0.25) is 0 Å². The van der Waals surface area contributed by atoms with Crippen LogP contribution < -0.4 is 0 Å². The lowest BCUT2D eigenvalue weighted by Gasteiger charge is -2.29. The second-order valence-corrected chi connectivity index (χ2v) is 10.8. The maximum atomic E-state index is 13.5. The van der Waals surface area contributed by atoms with E-state index in [1.54, 1.807) is 18.4 Å². The second-order valence-electron chi connectivity index (χ2n) is 8.85. The van der Waals surface area contributed by atoms with Crippen LogP contribution in [0.15, 0.2) is 29.2 Å². The third kappa shape index (κ3) is 5.25. The quantitative estimate of drug-likeness (QED) is 0.380. The van der Waals surface area contributed by atoms with Gasteiger partial charge in [-0.25, -0.2) is 17.6 Å². The Morgan fingerprint density at radius 2 is 1.74 bits per heavy atom. The summed E-state index contributed by atoms with van der Waals surface area (Å²) in [5.74, 6) is -1.30. The van der Waals surface area contributed by atoms with Crippen LogP contribution in [0, 0.1) is 25.6 Å². The number of sulfonamides is 1. The van der Waals surface area contributed by atoms with Crippen LogP contribution in [-0.4, -0.2) is 49.2 Å². The molecule has 0 unspecified atom stereocenters. The molecule has 186 valence electrons. The summed E-state index contributed by atoms with van der Waals surface area (Å²) in [5, 5.41) is 0. The van der Waals surface area contributed by atoms with Gasteiger partial charge in [-0.05, 0) is 69.4 Å². The molecule has 2 aromatic rings. The maximum absolute atomic E-state index is 13.5. The summed E-state index contributed by atoms with van der Waals surface area (Å²) in [4.78, 5) is 25.9. The minimum atomic E-state index is -4.03. The first-order chi connectivity index (χ1) is 16.1. The molecule has 0 radical (unpaired) electrons. The number of carbonyl (C=O) groups excluding carboxylic acids is 2. The van der Waals surface area contributed by atoms with E-state index >= 15 is 0 Å². The van der Waals surface area contributed by atoms with Crippen LogP contribution in [0.25, 0.3) is 0 Å². The summed E-state index contributed by atoms with van der Waals surface area (Å²) in [6.45, 7) is 5.62. The lowest BCUT2D eigenvalue weighted by molar-refractivity contribution is 0.0587. The summed E-state index contributed by atoms with van der Waals surface area (Å²) in [7, 11) is -2.74. The molecule has 0 saturated heterocycles. The average Bonchev–Trinajstić information content (AvgIpc) is 3.08. The molecule has 0 bridgehead atoms. The molecule has 3 rings (SSSR count). The average molecular weight is 493 g/mol. The molecular weight excluding hydrogens is 459 g/mol. The molecule has 0 amide bonds. The number of aromatic nitrogens is 1. The van der Waals surface area contributed by atoms with Crippen molar-refractivity contribution in [1.82, 2.24) is 8.87 Å². The SMILES string of the molecule is CCn1c(C)c(C(=O)CN(CC2CCCCC2)S(=O)(=O)c2ccc(F)cc2)c(C)c1C(=O)OC. The number of halogens is 1. The van der Waals surface area contributed by atoms with Crippen molar-refractivity contribution in [2.45, 2.75) is 64.3 Å². The van der Waals surface area contributed by atoms with E-state index in [9.17, 15) is 22.4 Å². The third-order valence-corrected chi connectivity index (χ3v) is 8.52. The van der Waals surface area contributed by atoms with Crippen molar-refractivity contribution in [1.29, 1.82) is 0 Å². The number of ketones is 1. The minimum Gasteiger partial charge on any atom is -0.464 e. The molecule has 0 atom stereocenters. The van der Waals surface area contributed by atoms with E-state index in [-0.39, 0.29) is 29.7 Å². The van der Waals surface area contributed by atoms with E-state index < -0.39 is 21.8 Å². The van der Waals surface area contributed by atoms with E-state index in [2.05, 4.69) is 0 Å². The van der Waals surface area contributed by atoms with Crippen LogP contribution in [0.1, 0.15) is 71.1 Å². The van der Waals surface area contributed by atoms with Crippen molar-refractivity contribution in [2.24, 2.45) is 5.92 Å². The predicted molar refractivity (Wildman–Crippen MR) is 127 cm³/mol. The molecule has 0 N–H and O–H groups in total. The van der Waals surface area contributed by atoms with E-state index in [1.165, 1.54) is 23.5 Å². The Labute approximate surface area is 200 Å². The predicted octanol–water partition coefficient (Wildman–Crippen LogP) is 4.50. The van der Waals surface area contributed by atoms with Gasteiger partial charge in [-0.1, -0.05) is 19.3 Å². The zero-order valence-corrected chi connectivity index (χ0v) is 21.1. The number of nitrogens with zero attached hydrogens (tertiary/aromatic N) is 2. The normalized spacial score (nSPS) is 15.0. The van der Waals surface area contributed by atoms with Crippen LogP contribution in [0.3, 0.4) is 0 Å². The minimum absolute atomic E-state index is 0.0488. The van der Waals surface area contributed by atoms with Crippen molar-refractivity contribution < 1.29 is 27.1 Å². The van der Waals surface area contributed by atoms with Gasteiger partial charge in [0, 0.05) is 24.3 Å². The fourth-order valence-electron chi connectivity index (χ4n) is 4.96. The van der Waals surface area contributed by atoms with Gasteiger partial charge in [-0.3, -0.25) is 4.79 Å². The summed E-state index contributed by atoms with van der Waals surface area (Å²) in [6.07, 6.45) is 4.99. The first-order valence-corrected chi connectivity index (χ1v) is 13.1. The van der Waals surface area contributed by atoms with E-state index in [0.717, 1.165) is 44.2 Å². The molecule has 1 aromatic heterocycles. The van der Waals surface area contributed by atoms with Crippen LogP contribution in [0.4, 0.5) is 4.39 Å². The highest BCUT2D eigenvalue weighted by molar-refractivity contribution is 7.89. The summed E-state index contributed by atoms with van der Waals surface area (Å²) >= 11 is 0. The van der Waals surface area contributed by atoms with Gasteiger partial charge >= 0.3 is 5.97 Å². The lowest BCUT2D eigenvalue weighted by Crippen LogP contribution is -2.39. The van der Waals surface area contributed by atoms with Gasteiger partial charge in [0.2, 0.25) is 10.0 Å². The molecule has 1 fully saturated rings. The van der Waals surface area contributed by atoms with E-state index in [1.807, 2.05) is 6.92 Å². The Bertz CT molecular complexity index is 1150. The maximum Gasteiger partial charge on any atom is 0.354 e. The molecular formula is C25H33FN2O5S. The molecule has 0 aliphatic heterocycles. The van der Waals surface area contributed by atoms with Gasteiger partial charge in [-0.15, -0.1) is 0 Å². The van der Waals surface area contributed by atoms with E-state index in [0.29, 0.717) is 29.1 Å². The molecule has 1 aromatic carbocycles. The molecule has 0 spiro atoms. The summed E-state index contributed by atoms with van der Waals surface area (Å²) in [5.41, 5.74) is 1.71. The zero-order chi connectivity index (χ0) is 25.0. The lowest BCUT2D eigenvalue weighted by atomic mass is 9.89. The van der Waals surface area contributed by atoms with Crippen molar-refractivity contribution >= 4 is 21.8 Å². The van der Waals surface area contributed by atoms with Gasteiger partial charge in [0.15, 0.2) is 5.78 Å². The topological polar surface area (TPSA) is 85.7 Å². The summed E-state index contributed by atoms with van der Waals surface area (Å²) in [6, 6.07) is 4.66. The molecule has 7 nitrogen and oxygen atoms in total. The number of rotatable bonds is 9. The smallest absolute Gasteiger partial charge is 0.354 e. The number of esters is 1. The fraction of sp³-hybridized carbons (Fsp3) is 0.520. The number of Topliss-reactive ketones (excluding diaryl/α,β-unsaturated/α-hetero) is 1. The molecule has 1 heterocycles. The fourth-order valence-corrected chi connectivity index (χ4v) is 6.43. The van der Waals surface area contributed by atoms with Crippen molar-refractivity contribution in [3.05, 3.63) is 52.6 Å². The molecule has 1 aliphatic carbocycles. The first-order valence-electron chi connectivity index (χ1n) is 11.7. The third-order valence-electron chi connectivity index (χ3n) is 6.70. The highest BCUT2D eigenvalue weighted by atomic mass is 32.2. The Hall–Kier alpha value is -2.52. The Kier molecular flexibility index (Phi) is 8.30. The van der Waals surface area contributed by atoms with Gasteiger partial charge in [0.1, 0.15) is 11.5 Å². The van der Waals surface area contributed by atoms with Gasteiger partial charge in [0.25, 0.3) is 0 Å². The van der Waals surface area contributed by atoms with Gasteiger partial charge in [-0.2, -0.15) is 4.31 Å². The number of benzene rings is 1. The molecule has 9 heteroatoms. The Morgan fingerprint density at radius 3 is 2.29 bits per heavy atom. The largest absolute Gasteiger partial charge is 0.464 e. The van der Waals surface area contributed by atoms with Crippen molar-refractivity contribution in [3.8, 4) is 0 Å². The summed E-state index contributed by atoms with van der Waals surface area (Å²) < 4.78 is 48.3. The number of ether oxygens (including phenoxy) is 1. The molecule has 1 aliphatic rings. The van der Waals surface area contributed by atoms with Gasteiger partial charge in [0.05, 0.1) is 18.6 Å². The first kappa shape index (κ1) is 26.1. The number of methoxy groups -OCH3 is 1. The number of hydrogen-bond donors (Lipinski definition) is 0. The molecule has 1 saturated carbocycles.